The van der Waals surface area contributed by atoms with E-state index >= 15 is 0 Å². The first-order chi connectivity index (χ1) is 4.27. The van der Waals surface area contributed by atoms with E-state index in [1.807, 2.05) is 0 Å². The number of rotatable bonds is 3. The normalized spacial score (nSPS) is 13.6. The van der Waals surface area contributed by atoms with Gasteiger partial charge in [-0.1, -0.05) is 6.92 Å². The van der Waals surface area contributed by atoms with E-state index in [4.69, 9.17) is 4.55 Å². The highest BCUT2D eigenvalue weighted by Gasteiger charge is 2.24. The summed E-state index contributed by atoms with van der Waals surface area (Å²) in [5.74, 6) is -0.428. The summed E-state index contributed by atoms with van der Waals surface area (Å²) in [7, 11) is -3.95. The Morgan fingerprint density at radius 3 is 2.00 bits per heavy atom. The molecule has 1 N–H and O–H groups in total. The van der Waals surface area contributed by atoms with E-state index in [0.717, 1.165) is 0 Å². The number of hydrogen-bond donors (Lipinski definition) is 3. The Bertz CT molecular complexity index is 194. The fourth-order valence-electron chi connectivity index (χ4n) is 0.394. The molecule has 0 aliphatic carbocycles. The van der Waals surface area contributed by atoms with E-state index in [0.29, 0.717) is 6.42 Å². The third-order valence-corrected chi connectivity index (χ3v) is 3.21. The first kappa shape index (κ1) is 10.6. The summed E-state index contributed by atoms with van der Waals surface area (Å²) in [5, 5.41) is 0. The second kappa shape index (κ2) is 3.34. The first-order valence-corrected chi connectivity index (χ1v) is 5.17. The van der Waals surface area contributed by atoms with Gasteiger partial charge in [0.1, 0.15) is 0 Å². The van der Waals surface area contributed by atoms with Gasteiger partial charge < -0.3 is 0 Å². The summed E-state index contributed by atoms with van der Waals surface area (Å²) < 4.78 is 28.0. The fraction of sp³-hybridized carbons (Fsp3) is 1.00. The van der Waals surface area contributed by atoms with Gasteiger partial charge in [0.15, 0.2) is 0 Å². The molecular weight excluding hydrogens is 192 g/mol. The highest BCUT2D eigenvalue weighted by molar-refractivity contribution is 8.02. The van der Waals surface area contributed by atoms with E-state index < -0.39 is 20.0 Å². The van der Waals surface area contributed by atoms with Crippen LogP contribution in [0.2, 0.25) is 0 Å². The van der Waals surface area contributed by atoms with Gasteiger partial charge in [0.2, 0.25) is 0 Å². The van der Waals surface area contributed by atoms with Gasteiger partial charge in [-0.05, 0) is 6.42 Å². The van der Waals surface area contributed by atoms with Crippen molar-refractivity contribution >= 4 is 35.4 Å². The molecule has 0 radical (unpaired) electrons. The number of thiol groups is 2. The summed E-state index contributed by atoms with van der Waals surface area (Å²) in [6.45, 7) is 1.74. The molecule has 0 aromatic rings. The lowest BCUT2D eigenvalue weighted by Crippen LogP contribution is -2.24. The van der Waals surface area contributed by atoms with Crippen LogP contribution in [0.15, 0.2) is 0 Å². The predicted octanol–water partition coefficient (Wildman–Crippen LogP) is 0.840. The van der Waals surface area contributed by atoms with E-state index in [1.54, 1.807) is 6.92 Å². The Labute approximate surface area is 71.8 Å². The van der Waals surface area contributed by atoms with Crippen LogP contribution >= 0.6 is 25.3 Å². The van der Waals surface area contributed by atoms with Crippen LogP contribution in [0.25, 0.3) is 0 Å². The second-order valence-corrected chi connectivity index (χ2v) is 5.58. The van der Waals surface area contributed by atoms with Crippen LogP contribution in [0.3, 0.4) is 0 Å². The van der Waals surface area contributed by atoms with Crippen molar-refractivity contribution in [2.75, 3.05) is 5.75 Å². The Kier molecular flexibility index (Phi) is 3.54. The Morgan fingerprint density at radius 2 is 1.90 bits per heavy atom. The van der Waals surface area contributed by atoms with Gasteiger partial charge in [-0.25, -0.2) is 0 Å². The Morgan fingerprint density at radius 1 is 1.50 bits per heavy atom. The Hall–Kier alpha value is 0.610. The molecule has 10 heavy (non-hydrogen) atoms. The van der Waals surface area contributed by atoms with E-state index in [2.05, 4.69) is 25.3 Å². The third kappa shape index (κ3) is 5.40. The zero-order chi connectivity index (χ0) is 8.41. The molecule has 0 saturated heterocycles. The van der Waals surface area contributed by atoms with E-state index in [1.165, 1.54) is 0 Å². The standard InChI is InChI=1S/C4H10O3S3/c1-2-4(8,9)3-10(5,6)7/h8-9H,2-3H2,1H3,(H,5,6,7). The molecule has 0 amide bonds. The quantitative estimate of drug-likeness (QED) is 0.361. The lowest BCUT2D eigenvalue weighted by Gasteiger charge is -2.17. The molecule has 0 aliphatic heterocycles. The molecule has 0 atom stereocenters. The van der Waals surface area contributed by atoms with Gasteiger partial charge in [0, 0.05) is 0 Å². The summed E-state index contributed by atoms with van der Waals surface area (Å²) in [6.07, 6.45) is 0.471. The summed E-state index contributed by atoms with van der Waals surface area (Å²) in [4.78, 5) is 0. The molecule has 0 aromatic heterocycles. The maximum atomic E-state index is 10.3. The SMILES string of the molecule is CCC(S)(S)CS(=O)(=O)O. The molecule has 0 rings (SSSR count). The maximum absolute atomic E-state index is 10.3. The van der Waals surface area contributed by atoms with Crippen LogP contribution in [-0.2, 0) is 10.1 Å². The van der Waals surface area contributed by atoms with Crippen molar-refractivity contribution in [3.8, 4) is 0 Å². The van der Waals surface area contributed by atoms with Crippen molar-refractivity contribution in [1.29, 1.82) is 0 Å². The van der Waals surface area contributed by atoms with Gasteiger partial charge in [0.25, 0.3) is 10.1 Å². The summed E-state index contributed by atoms with van der Waals surface area (Å²) in [6, 6.07) is 0. The van der Waals surface area contributed by atoms with Crippen LogP contribution in [0.4, 0.5) is 0 Å². The molecule has 0 bridgehead atoms. The smallest absolute Gasteiger partial charge is 0.267 e. The molecule has 0 aromatic carbocycles. The zero-order valence-corrected chi connectivity index (χ0v) is 8.09. The predicted molar refractivity (Wildman–Crippen MR) is 47.4 cm³/mol. The molecule has 0 heterocycles. The van der Waals surface area contributed by atoms with Crippen molar-refractivity contribution in [3.63, 3.8) is 0 Å². The van der Waals surface area contributed by atoms with Crippen LogP contribution in [0.5, 0.6) is 0 Å². The van der Waals surface area contributed by atoms with E-state index in [9.17, 15) is 8.42 Å². The van der Waals surface area contributed by atoms with Gasteiger partial charge in [-0.3, -0.25) is 4.55 Å². The highest BCUT2D eigenvalue weighted by Crippen LogP contribution is 2.24. The molecule has 6 heteroatoms. The molecule has 0 spiro atoms. The van der Waals surface area contributed by atoms with Gasteiger partial charge in [0.05, 0.1) is 9.83 Å². The second-order valence-electron chi connectivity index (χ2n) is 2.06. The summed E-state index contributed by atoms with van der Waals surface area (Å²) >= 11 is 7.81. The molecule has 3 nitrogen and oxygen atoms in total. The Balaban J connectivity index is 4.16. The van der Waals surface area contributed by atoms with Crippen LogP contribution in [-0.4, -0.2) is 22.8 Å². The average molecular weight is 202 g/mol. The van der Waals surface area contributed by atoms with Crippen molar-refractivity contribution in [3.05, 3.63) is 0 Å². The molecule has 62 valence electrons. The minimum absolute atomic E-state index is 0.428. The third-order valence-electron chi connectivity index (χ3n) is 0.980. The lowest BCUT2D eigenvalue weighted by molar-refractivity contribution is 0.480. The monoisotopic (exact) mass is 202 g/mol. The van der Waals surface area contributed by atoms with Gasteiger partial charge >= 0.3 is 0 Å². The zero-order valence-electron chi connectivity index (χ0n) is 5.48. The maximum Gasteiger partial charge on any atom is 0.267 e. The van der Waals surface area contributed by atoms with Crippen molar-refractivity contribution in [2.45, 2.75) is 17.4 Å². The molecular formula is C4H10O3S3. The van der Waals surface area contributed by atoms with E-state index in [-0.39, 0.29) is 0 Å². The summed E-state index contributed by atoms with van der Waals surface area (Å²) in [5.41, 5.74) is 0. The highest BCUT2D eigenvalue weighted by atomic mass is 32.2. The minimum Gasteiger partial charge on any atom is -0.285 e. The largest absolute Gasteiger partial charge is 0.285 e. The topological polar surface area (TPSA) is 54.4 Å². The number of hydrogen-bond acceptors (Lipinski definition) is 4. The molecule has 0 unspecified atom stereocenters. The molecule has 0 saturated carbocycles. The molecule has 0 fully saturated rings. The van der Waals surface area contributed by atoms with Gasteiger partial charge in [-0.15, -0.1) is 0 Å². The van der Waals surface area contributed by atoms with Crippen LogP contribution in [0.1, 0.15) is 13.3 Å². The minimum atomic E-state index is -3.95. The van der Waals surface area contributed by atoms with Crippen molar-refractivity contribution in [2.24, 2.45) is 0 Å². The van der Waals surface area contributed by atoms with Crippen LogP contribution < -0.4 is 0 Å². The van der Waals surface area contributed by atoms with Crippen molar-refractivity contribution in [1.82, 2.24) is 0 Å². The van der Waals surface area contributed by atoms with Crippen LogP contribution in [0, 0.1) is 0 Å². The fourth-order valence-corrected chi connectivity index (χ4v) is 2.16. The average Bonchev–Trinajstić information content (AvgIpc) is 1.60. The lowest BCUT2D eigenvalue weighted by atomic mass is 10.4. The molecule has 0 aliphatic rings. The first-order valence-electron chi connectivity index (χ1n) is 2.67. The van der Waals surface area contributed by atoms with Crippen molar-refractivity contribution < 1.29 is 13.0 Å². The van der Waals surface area contributed by atoms with Gasteiger partial charge in [-0.2, -0.15) is 33.7 Å².